The molecule has 206 valence electrons. The van der Waals surface area contributed by atoms with Crippen molar-refractivity contribution >= 4 is 23.4 Å². The lowest BCUT2D eigenvalue weighted by Gasteiger charge is -2.38. The fourth-order valence-electron chi connectivity index (χ4n) is 5.59. The molecule has 0 aliphatic carbocycles. The van der Waals surface area contributed by atoms with E-state index in [1.165, 1.54) is 4.90 Å². The summed E-state index contributed by atoms with van der Waals surface area (Å²) in [4.78, 5) is 26.0. The number of ether oxygens (including phenoxy) is 1. The first-order chi connectivity index (χ1) is 19.3. The van der Waals surface area contributed by atoms with Crippen LogP contribution in [0.2, 0.25) is 0 Å². The topological polar surface area (TPSA) is 104 Å². The number of rotatable bonds is 5. The first-order valence-corrected chi connectivity index (χ1v) is 13.3. The Kier molecular flexibility index (Phi) is 5.81. The summed E-state index contributed by atoms with van der Waals surface area (Å²) in [6.45, 7) is 1.19. The van der Waals surface area contributed by atoms with Crippen molar-refractivity contribution in [2.24, 2.45) is 7.05 Å². The van der Waals surface area contributed by atoms with Crippen molar-refractivity contribution in [3.8, 4) is 11.1 Å². The van der Waals surface area contributed by atoms with Crippen LogP contribution in [0.25, 0.3) is 11.1 Å². The second-order valence-corrected chi connectivity index (χ2v) is 10.5. The number of benzene rings is 1. The van der Waals surface area contributed by atoms with E-state index in [0.29, 0.717) is 56.6 Å². The van der Waals surface area contributed by atoms with Gasteiger partial charge in [-0.2, -0.15) is 10.1 Å². The van der Waals surface area contributed by atoms with E-state index < -0.39 is 19.0 Å². The Labute approximate surface area is 229 Å². The van der Waals surface area contributed by atoms with E-state index in [1.54, 1.807) is 6.20 Å². The molecule has 40 heavy (non-hydrogen) atoms. The molecule has 0 bridgehead atoms. The van der Waals surface area contributed by atoms with Gasteiger partial charge in [0, 0.05) is 48.7 Å². The summed E-state index contributed by atoms with van der Waals surface area (Å²) in [6, 6.07) is 9.91. The number of hydrogen-bond acceptors (Lipinski definition) is 7. The van der Waals surface area contributed by atoms with E-state index >= 15 is 0 Å². The second-order valence-electron chi connectivity index (χ2n) is 10.5. The van der Waals surface area contributed by atoms with E-state index in [-0.39, 0.29) is 5.91 Å². The third-order valence-electron chi connectivity index (χ3n) is 7.86. The Morgan fingerprint density at radius 3 is 2.70 bits per heavy atom. The standard InChI is InChI=1S/C28H28F2N8O2/c1-36-23(26(39)38-15-28(29,30)16-38)10-18-6-8-37(13-24(18)36)27-34-22-7-9-40-14-21(22)25(35-27)33-20-4-2-17(3-5-20)19-11-31-32-12-19/h2-5,10-12H,6-9,13-16H2,1H3,(H,31,32)(H,33,34,35). The third-order valence-corrected chi connectivity index (χ3v) is 7.86. The van der Waals surface area contributed by atoms with Crippen molar-refractivity contribution in [2.45, 2.75) is 31.9 Å². The van der Waals surface area contributed by atoms with Crippen LogP contribution in [0.15, 0.2) is 42.7 Å². The molecule has 7 rings (SSSR count). The molecule has 4 aromatic rings. The van der Waals surface area contributed by atoms with Crippen LogP contribution in [0.1, 0.15) is 33.0 Å². The molecule has 1 aromatic carbocycles. The Morgan fingerprint density at radius 2 is 1.95 bits per heavy atom. The van der Waals surface area contributed by atoms with Gasteiger partial charge in [-0.05, 0) is 35.7 Å². The van der Waals surface area contributed by atoms with Crippen LogP contribution in [0.5, 0.6) is 0 Å². The molecule has 6 heterocycles. The van der Waals surface area contributed by atoms with Gasteiger partial charge in [0.15, 0.2) is 0 Å². The molecule has 0 saturated carbocycles. The monoisotopic (exact) mass is 546 g/mol. The zero-order valence-corrected chi connectivity index (χ0v) is 22.0. The molecule has 1 saturated heterocycles. The van der Waals surface area contributed by atoms with Gasteiger partial charge < -0.3 is 24.4 Å². The van der Waals surface area contributed by atoms with Crippen molar-refractivity contribution < 1.29 is 18.3 Å². The number of aromatic amines is 1. The molecule has 0 radical (unpaired) electrons. The zero-order valence-electron chi connectivity index (χ0n) is 22.0. The number of aromatic nitrogens is 5. The minimum atomic E-state index is -2.79. The van der Waals surface area contributed by atoms with Gasteiger partial charge in [-0.15, -0.1) is 0 Å². The number of fused-ring (bicyclic) bond motifs is 2. The fraction of sp³-hybridized carbons (Fsp3) is 0.357. The van der Waals surface area contributed by atoms with Gasteiger partial charge in [0.1, 0.15) is 11.5 Å². The summed E-state index contributed by atoms with van der Waals surface area (Å²) in [5.41, 5.74) is 7.33. The minimum Gasteiger partial charge on any atom is -0.376 e. The van der Waals surface area contributed by atoms with Crippen LogP contribution in [-0.4, -0.2) is 67.7 Å². The SMILES string of the molecule is Cn1c(C(=O)N2CC(F)(F)C2)cc2c1CN(c1nc3c(c(Nc4ccc(-c5cn[nH]c5)cc4)n1)COCC3)CC2. The number of alkyl halides is 2. The lowest BCUT2D eigenvalue weighted by molar-refractivity contribution is -0.113. The van der Waals surface area contributed by atoms with Gasteiger partial charge in [-0.3, -0.25) is 9.89 Å². The van der Waals surface area contributed by atoms with Crippen molar-refractivity contribution in [3.05, 3.63) is 70.9 Å². The Morgan fingerprint density at radius 1 is 1.12 bits per heavy atom. The minimum absolute atomic E-state index is 0.357. The molecule has 12 heteroatoms. The molecule has 0 unspecified atom stereocenters. The van der Waals surface area contributed by atoms with E-state index in [2.05, 4.69) is 20.4 Å². The smallest absolute Gasteiger partial charge is 0.282 e. The van der Waals surface area contributed by atoms with Gasteiger partial charge in [0.25, 0.3) is 11.8 Å². The summed E-state index contributed by atoms with van der Waals surface area (Å²) < 4.78 is 34.3. The van der Waals surface area contributed by atoms with Gasteiger partial charge in [0.05, 0.1) is 44.7 Å². The highest BCUT2D eigenvalue weighted by molar-refractivity contribution is 5.94. The summed E-state index contributed by atoms with van der Waals surface area (Å²) in [6.07, 6.45) is 5.04. The Hall–Kier alpha value is -4.32. The lowest BCUT2D eigenvalue weighted by atomic mass is 10.1. The number of H-pyrrole nitrogens is 1. The van der Waals surface area contributed by atoms with Crippen LogP contribution in [0.4, 0.5) is 26.2 Å². The number of carbonyl (C=O) groups excluding carboxylic acids is 1. The van der Waals surface area contributed by atoms with Gasteiger partial charge in [-0.1, -0.05) is 12.1 Å². The van der Waals surface area contributed by atoms with Gasteiger partial charge in [0.2, 0.25) is 5.95 Å². The number of nitrogens with zero attached hydrogens (tertiary/aromatic N) is 6. The van der Waals surface area contributed by atoms with Crippen LogP contribution >= 0.6 is 0 Å². The van der Waals surface area contributed by atoms with Gasteiger partial charge >= 0.3 is 0 Å². The Bertz CT molecular complexity index is 1570. The molecule has 3 aliphatic heterocycles. The number of nitrogens with one attached hydrogen (secondary N) is 2. The number of halogens is 2. The predicted octanol–water partition coefficient (Wildman–Crippen LogP) is 3.68. The number of anilines is 3. The average Bonchev–Trinajstić information content (AvgIpc) is 3.60. The number of likely N-dealkylation sites (tertiary alicyclic amines) is 1. The summed E-state index contributed by atoms with van der Waals surface area (Å²) in [7, 11) is 1.82. The maximum Gasteiger partial charge on any atom is 0.282 e. The second kappa shape index (κ2) is 9.40. The number of amides is 1. The first kappa shape index (κ1) is 24.7. The van der Waals surface area contributed by atoms with Gasteiger partial charge in [-0.25, -0.2) is 13.8 Å². The molecule has 3 aliphatic rings. The highest BCUT2D eigenvalue weighted by Crippen LogP contribution is 2.33. The normalized spacial score (nSPS) is 17.7. The molecule has 10 nitrogen and oxygen atoms in total. The van der Waals surface area contributed by atoms with Crippen molar-refractivity contribution in [2.75, 3.05) is 36.5 Å². The largest absolute Gasteiger partial charge is 0.376 e. The summed E-state index contributed by atoms with van der Waals surface area (Å²) in [5.74, 6) is -1.83. The first-order valence-electron chi connectivity index (χ1n) is 13.3. The molecule has 1 amide bonds. The van der Waals surface area contributed by atoms with Crippen molar-refractivity contribution in [1.29, 1.82) is 0 Å². The van der Waals surface area contributed by atoms with Crippen LogP contribution in [0.3, 0.4) is 0 Å². The molecule has 0 spiro atoms. The molecule has 1 fully saturated rings. The van der Waals surface area contributed by atoms with E-state index in [1.807, 2.05) is 48.1 Å². The zero-order chi connectivity index (χ0) is 27.4. The number of carbonyl (C=O) groups is 1. The third kappa shape index (κ3) is 4.37. The van der Waals surface area contributed by atoms with Crippen LogP contribution in [0, 0.1) is 0 Å². The maximum absolute atomic E-state index is 13.4. The van der Waals surface area contributed by atoms with Crippen molar-refractivity contribution in [1.82, 2.24) is 29.6 Å². The molecule has 2 N–H and O–H groups in total. The van der Waals surface area contributed by atoms with Crippen LogP contribution < -0.4 is 10.2 Å². The van der Waals surface area contributed by atoms with E-state index in [4.69, 9.17) is 14.7 Å². The molecule has 0 atom stereocenters. The quantitative estimate of drug-likeness (QED) is 0.394. The maximum atomic E-state index is 13.4. The van der Waals surface area contributed by atoms with Crippen molar-refractivity contribution in [3.63, 3.8) is 0 Å². The van der Waals surface area contributed by atoms with Crippen LogP contribution in [-0.2, 0) is 37.8 Å². The lowest BCUT2D eigenvalue weighted by Crippen LogP contribution is -2.58. The Balaban J connectivity index is 1.15. The predicted molar refractivity (Wildman–Crippen MR) is 144 cm³/mol. The average molecular weight is 547 g/mol. The summed E-state index contributed by atoms with van der Waals surface area (Å²) >= 11 is 0. The summed E-state index contributed by atoms with van der Waals surface area (Å²) in [5, 5.41) is 10.3. The highest BCUT2D eigenvalue weighted by Gasteiger charge is 2.47. The highest BCUT2D eigenvalue weighted by atomic mass is 19.3. The number of hydrogen-bond donors (Lipinski definition) is 2. The van der Waals surface area contributed by atoms with E-state index in [0.717, 1.165) is 39.3 Å². The molecule has 3 aromatic heterocycles. The molecular formula is C28H28F2N8O2. The fourth-order valence-corrected chi connectivity index (χ4v) is 5.59. The molecular weight excluding hydrogens is 518 g/mol. The van der Waals surface area contributed by atoms with E-state index in [9.17, 15) is 13.6 Å².